The van der Waals surface area contributed by atoms with Gasteiger partial charge in [0.25, 0.3) is 5.91 Å². The van der Waals surface area contributed by atoms with E-state index in [0.29, 0.717) is 15.6 Å². The fourth-order valence-corrected chi connectivity index (χ4v) is 2.96. The van der Waals surface area contributed by atoms with Gasteiger partial charge in [0.2, 0.25) is 5.91 Å². The number of nitrogens with one attached hydrogen (secondary N) is 2. The summed E-state index contributed by atoms with van der Waals surface area (Å²) in [7, 11) is 0. The van der Waals surface area contributed by atoms with Crippen LogP contribution in [0.5, 0.6) is 0 Å². The Hall–Kier alpha value is -2.45. The lowest BCUT2D eigenvalue weighted by molar-refractivity contribution is -0.124. The molecule has 1 heterocycles. The van der Waals surface area contributed by atoms with Crippen molar-refractivity contribution < 1.29 is 19.5 Å². The molecule has 1 aromatic carbocycles. The zero-order valence-corrected chi connectivity index (χ0v) is 15.7. The lowest BCUT2D eigenvalue weighted by atomic mass is 10.0. The molecule has 3 N–H and O–H groups in total. The summed E-state index contributed by atoms with van der Waals surface area (Å²) in [6.07, 6.45) is 0. The smallest absolute Gasteiger partial charge is 0.355 e. The summed E-state index contributed by atoms with van der Waals surface area (Å²) >= 11 is 6.95. The second-order valence-electron chi connectivity index (χ2n) is 5.85. The van der Waals surface area contributed by atoms with Gasteiger partial charge in [0.15, 0.2) is 5.69 Å². The Morgan fingerprint density at radius 1 is 1.23 bits per heavy atom. The summed E-state index contributed by atoms with van der Waals surface area (Å²) in [5, 5.41) is 16.6. The summed E-state index contributed by atoms with van der Waals surface area (Å²) in [5.41, 5.74) is 0.342. The first-order valence-electron chi connectivity index (χ1n) is 7.79. The Bertz CT molecular complexity index is 805. The molecule has 138 valence electrons. The number of thiazole rings is 1. The van der Waals surface area contributed by atoms with Crippen LogP contribution in [-0.2, 0) is 11.3 Å². The molecule has 0 aliphatic carbocycles. The van der Waals surface area contributed by atoms with Crippen LogP contribution >= 0.6 is 22.9 Å². The lowest BCUT2D eigenvalue weighted by Crippen LogP contribution is -2.49. The third-order valence-electron chi connectivity index (χ3n) is 3.53. The molecule has 0 saturated heterocycles. The normalized spacial score (nSPS) is 11.8. The van der Waals surface area contributed by atoms with Crippen LogP contribution in [-0.4, -0.2) is 33.9 Å². The first-order valence-corrected chi connectivity index (χ1v) is 9.05. The number of aromatic carboxylic acids is 1. The number of carboxylic acid groups (broad SMARTS) is 1. The van der Waals surface area contributed by atoms with Gasteiger partial charge in [-0.25, -0.2) is 9.78 Å². The van der Waals surface area contributed by atoms with E-state index in [1.165, 1.54) is 5.38 Å². The third kappa shape index (κ3) is 5.27. The van der Waals surface area contributed by atoms with E-state index in [2.05, 4.69) is 15.6 Å². The van der Waals surface area contributed by atoms with Crippen molar-refractivity contribution >= 4 is 40.7 Å². The van der Waals surface area contributed by atoms with Crippen molar-refractivity contribution in [3.8, 4) is 0 Å². The van der Waals surface area contributed by atoms with E-state index in [1.54, 1.807) is 24.3 Å². The minimum Gasteiger partial charge on any atom is -0.476 e. The number of carboxylic acids is 1. The van der Waals surface area contributed by atoms with Crippen LogP contribution in [0.2, 0.25) is 5.02 Å². The number of benzene rings is 1. The topological polar surface area (TPSA) is 108 Å². The van der Waals surface area contributed by atoms with Crippen molar-refractivity contribution in [3.63, 3.8) is 0 Å². The average molecular weight is 396 g/mol. The van der Waals surface area contributed by atoms with Crippen molar-refractivity contribution in [2.24, 2.45) is 5.92 Å². The molecule has 2 aromatic rings. The molecule has 0 bridgehead atoms. The van der Waals surface area contributed by atoms with Gasteiger partial charge in [-0.3, -0.25) is 9.59 Å². The maximum Gasteiger partial charge on any atom is 0.355 e. The van der Waals surface area contributed by atoms with Gasteiger partial charge in [-0.15, -0.1) is 11.3 Å². The van der Waals surface area contributed by atoms with Crippen molar-refractivity contribution in [1.29, 1.82) is 0 Å². The highest BCUT2D eigenvalue weighted by Crippen LogP contribution is 2.12. The van der Waals surface area contributed by atoms with Gasteiger partial charge >= 0.3 is 5.97 Å². The fourth-order valence-electron chi connectivity index (χ4n) is 2.12. The van der Waals surface area contributed by atoms with E-state index in [-0.39, 0.29) is 30.0 Å². The Morgan fingerprint density at radius 2 is 1.88 bits per heavy atom. The van der Waals surface area contributed by atoms with Crippen molar-refractivity contribution in [2.45, 2.75) is 26.4 Å². The zero-order chi connectivity index (χ0) is 19.3. The Morgan fingerprint density at radius 3 is 2.42 bits per heavy atom. The molecule has 1 unspecified atom stereocenters. The minimum atomic E-state index is -1.12. The summed E-state index contributed by atoms with van der Waals surface area (Å²) in [4.78, 5) is 39.5. The first kappa shape index (κ1) is 19.9. The summed E-state index contributed by atoms with van der Waals surface area (Å²) in [6, 6.07) is 5.62. The SMILES string of the molecule is CC(C)C(NC(=O)c1ccc(Cl)cc1)C(=O)NCc1nc(C(=O)O)cs1. The third-order valence-corrected chi connectivity index (χ3v) is 4.63. The molecule has 2 rings (SSSR count). The number of hydrogen-bond acceptors (Lipinski definition) is 5. The van der Waals surface area contributed by atoms with Crippen LogP contribution < -0.4 is 10.6 Å². The maximum absolute atomic E-state index is 12.4. The quantitative estimate of drug-likeness (QED) is 0.667. The fraction of sp³-hybridized carbons (Fsp3) is 0.294. The van der Waals surface area contributed by atoms with Crippen LogP contribution in [0.3, 0.4) is 0 Å². The molecule has 1 aromatic heterocycles. The highest BCUT2D eigenvalue weighted by molar-refractivity contribution is 7.09. The molecule has 0 aliphatic heterocycles. The second-order valence-corrected chi connectivity index (χ2v) is 7.23. The summed E-state index contributed by atoms with van der Waals surface area (Å²) < 4.78 is 0. The predicted molar refractivity (Wildman–Crippen MR) is 98.5 cm³/mol. The zero-order valence-electron chi connectivity index (χ0n) is 14.2. The van der Waals surface area contributed by atoms with Gasteiger partial charge < -0.3 is 15.7 Å². The van der Waals surface area contributed by atoms with Crippen LogP contribution in [0.15, 0.2) is 29.6 Å². The minimum absolute atomic E-state index is 0.0595. The highest BCUT2D eigenvalue weighted by Gasteiger charge is 2.24. The molecule has 0 aliphatic rings. The van der Waals surface area contributed by atoms with Crippen LogP contribution in [0, 0.1) is 5.92 Å². The van der Waals surface area contributed by atoms with E-state index in [9.17, 15) is 14.4 Å². The number of carbonyl (C=O) groups excluding carboxylic acids is 2. The monoisotopic (exact) mass is 395 g/mol. The number of amides is 2. The van der Waals surface area contributed by atoms with Gasteiger partial charge in [-0.1, -0.05) is 25.4 Å². The van der Waals surface area contributed by atoms with Crippen molar-refractivity contribution in [2.75, 3.05) is 0 Å². The molecule has 0 fully saturated rings. The first-order chi connectivity index (χ1) is 12.3. The largest absolute Gasteiger partial charge is 0.476 e. The molecule has 0 spiro atoms. The Balaban J connectivity index is 1.98. The number of nitrogens with zero attached hydrogens (tertiary/aromatic N) is 1. The molecular weight excluding hydrogens is 378 g/mol. The van der Waals surface area contributed by atoms with Crippen molar-refractivity contribution in [1.82, 2.24) is 15.6 Å². The standard InChI is InChI=1S/C17H18ClN3O4S/c1-9(2)14(21-15(22)10-3-5-11(18)6-4-10)16(23)19-7-13-20-12(8-26-13)17(24)25/h3-6,8-9,14H,7H2,1-2H3,(H,19,23)(H,21,22)(H,24,25). The van der Waals surface area contributed by atoms with Gasteiger partial charge in [0.05, 0.1) is 6.54 Å². The van der Waals surface area contributed by atoms with Crippen LogP contribution in [0.1, 0.15) is 39.7 Å². The maximum atomic E-state index is 12.4. The van der Waals surface area contributed by atoms with Gasteiger partial charge in [-0.05, 0) is 30.2 Å². The molecule has 2 amide bonds. The van der Waals surface area contributed by atoms with Crippen LogP contribution in [0.4, 0.5) is 0 Å². The number of rotatable bonds is 7. The number of aromatic nitrogens is 1. The lowest BCUT2D eigenvalue weighted by Gasteiger charge is -2.21. The number of carbonyl (C=O) groups is 3. The van der Waals surface area contributed by atoms with E-state index in [4.69, 9.17) is 16.7 Å². The number of hydrogen-bond donors (Lipinski definition) is 3. The summed E-state index contributed by atoms with van der Waals surface area (Å²) in [6.45, 7) is 3.73. The molecule has 0 radical (unpaired) electrons. The van der Waals surface area contributed by atoms with Gasteiger partial charge in [0.1, 0.15) is 11.0 Å². The van der Waals surface area contributed by atoms with E-state index < -0.39 is 12.0 Å². The Labute approximate surface area is 159 Å². The van der Waals surface area contributed by atoms with E-state index in [1.807, 2.05) is 13.8 Å². The molecule has 7 nitrogen and oxygen atoms in total. The van der Waals surface area contributed by atoms with Crippen molar-refractivity contribution in [3.05, 3.63) is 50.9 Å². The molecular formula is C17H18ClN3O4S. The Kier molecular flexibility index (Phi) is 6.70. The van der Waals surface area contributed by atoms with E-state index >= 15 is 0 Å². The average Bonchev–Trinajstić information content (AvgIpc) is 3.07. The molecule has 1 atom stereocenters. The summed E-state index contributed by atoms with van der Waals surface area (Å²) in [5.74, 6) is -2.00. The molecule has 26 heavy (non-hydrogen) atoms. The molecule has 0 saturated carbocycles. The highest BCUT2D eigenvalue weighted by atomic mass is 35.5. The van der Waals surface area contributed by atoms with E-state index in [0.717, 1.165) is 11.3 Å². The number of halogens is 1. The van der Waals surface area contributed by atoms with Gasteiger partial charge in [0, 0.05) is 16.0 Å². The predicted octanol–water partition coefficient (Wildman–Crippen LogP) is 2.57. The van der Waals surface area contributed by atoms with Crippen LogP contribution in [0.25, 0.3) is 0 Å². The molecule has 9 heteroatoms. The van der Waals surface area contributed by atoms with Gasteiger partial charge in [-0.2, -0.15) is 0 Å². The second kappa shape index (κ2) is 8.77.